The Morgan fingerprint density at radius 1 is 1.52 bits per heavy atom. The zero-order chi connectivity index (χ0) is 15.4. The molecule has 6 nitrogen and oxygen atoms in total. The molecule has 114 valence electrons. The first-order chi connectivity index (χ1) is 10.0. The van der Waals surface area contributed by atoms with Crippen LogP contribution in [0.1, 0.15) is 17.3 Å². The maximum absolute atomic E-state index is 14.2. The van der Waals surface area contributed by atoms with Crippen molar-refractivity contribution in [1.29, 1.82) is 0 Å². The van der Waals surface area contributed by atoms with E-state index in [0.29, 0.717) is 31.9 Å². The van der Waals surface area contributed by atoms with Gasteiger partial charge in [-0.2, -0.15) is 0 Å². The van der Waals surface area contributed by atoms with Crippen molar-refractivity contribution in [3.05, 3.63) is 29.6 Å². The van der Waals surface area contributed by atoms with Crippen LogP contribution >= 0.6 is 0 Å². The average Bonchev–Trinajstić information content (AvgIpc) is 2.47. The number of likely N-dealkylation sites (N-methyl/N-ethyl adjacent to an activating group) is 1. The minimum absolute atomic E-state index is 0.112. The monoisotopic (exact) mass is 294 g/mol. The maximum atomic E-state index is 14.2. The summed E-state index contributed by atoms with van der Waals surface area (Å²) >= 11 is 0. The number of piperazine rings is 1. The molecule has 1 aromatic rings. The Kier molecular flexibility index (Phi) is 4.74. The Hall–Kier alpha value is -2.15. The normalized spacial score (nSPS) is 18.4. The molecule has 0 aliphatic carbocycles. The third kappa shape index (κ3) is 3.30. The molecule has 0 radical (unpaired) electrons. The van der Waals surface area contributed by atoms with Gasteiger partial charge in [0, 0.05) is 31.7 Å². The number of nitrogens with two attached hydrogens (primary N) is 1. The summed E-state index contributed by atoms with van der Waals surface area (Å²) in [7, 11) is 0. The van der Waals surface area contributed by atoms with Crippen molar-refractivity contribution < 1.29 is 14.0 Å². The van der Waals surface area contributed by atoms with E-state index in [1.165, 1.54) is 12.1 Å². The van der Waals surface area contributed by atoms with E-state index >= 15 is 0 Å². The fraction of sp³-hybridized carbons (Fsp3) is 0.429. The van der Waals surface area contributed by atoms with Crippen LogP contribution in [0.2, 0.25) is 0 Å². The van der Waals surface area contributed by atoms with E-state index in [9.17, 15) is 14.0 Å². The highest BCUT2D eigenvalue weighted by atomic mass is 19.1. The van der Waals surface area contributed by atoms with Crippen molar-refractivity contribution in [3.8, 4) is 0 Å². The molecule has 1 fully saturated rings. The van der Waals surface area contributed by atoms with Gasteiger partial charge in [-0.25, -0.2) is 4.39 Å². The lowest BCUT2D eigenvalue weighted by atomic mass is 10.1. The van der Waals surface area contributed by atoms with Crippen LogP contribution in [0.15, 0.2) is 18.2 Å². The number of nitrogens with zero attached hydrogens (tertiary/aromatic N) is 1. The number of carbonyl (C=O) groups excluding carboxylic acids is 2. The van der Waals surface area contributed by atoms with Crippen molar-refractivity contribution in [2.24, 2.45) is 5.73 Å². The molecule has 0 aromatic heterocycles. The minimum Gasteiger partial charge on any atom is -0.366 e. The molecule has 0 saturated carbocycles. The van der Waals surface area contributed by atoms with E-state index in [0.717, 1.165) is 6.07 Å². The number of benzene rings is 1. The van der Waals surface area contributed by atoms with Crippen LogP contribution in [0.4, 0.5) is 10.1 Å². The van der Waals surface area contributed by atoms with Gasteiger partial charge in [-0.15, -0.1) is 0 Å². The largest absolute Gasteiger partial charge is 0.366 e. The highest BCUT2D eigenvalue weighted by Crippen LogP contribution is 2.23. The van der Waals surface area contributed by atoms with Crippen LogP contribution in [0.5, 0.6) is 0 Å². The van der Waals surface area contributed by atoms with Gasteiger partial charge in [0.1, 0.15) is 11.9 Å². The zero-order valence-electron chi connectivity index (χ0n) is 11.9. The molecule has 1 saturated heterocycles. The summed E-state index contributed by atoms with van der Waals surface area (Å²) in [6, 6.07) is 3.59. The van der Waals surface area contributed by atoms with Gasteiger partial charge in [0.15, 0.2) is 0 Å². The van der Waals surface area contributed by atoms with Crippen molar-refractivity contribution in [3.63, 3.8) is 0 Å². The van der Waals surface area contributed by atoms with Crippen molar-refractivity contribution >= 4 is 17.5 Å². The SMILES string of the molecule is CCNC(=O)C1CNCCN1c1ccc(C(N)=O)cc1F. The van der Waals surface area contributed by atoms with E-state index in [-0.39, 0.29) is 11.5 Å². The molecule has 1 aliphatic heterocycles. The lowest BCUT2D eigenvalue weighted by molar-refractivity contribution is -0.122. The van der Waals surface area contributed by atoms with Crippen LogP contribution in [-0.4, -0.2) is 44.0 Å². The number of rotatable bonds is 4. The number of amides is 2. The molecule has 2 rings (SSSR count). The molecule has 2 amide bonds. The summed E-state index contributed by atoms with van der Waals surface area (Å²) < 4.78 is 14.2. The number of anilines is 1. The number of nitrogens with one attached hydrogen (secondary N) is 2. The fourth-order valence-electron chi connectivity index (χ4n) is 2.41. The van der Waals surface area contributed by atoms with Gasteiger partial charge in [0.25, 0.3) is 0 Å². The molecule has 1 aliphatic rings. The summed E-state index contributed by atoms with van der Waals surface area (Å²) in [5, 5.41) is 5.87. The molecular weight excluding hydrogens is 275 g/mol. The molecule has 1 atom stereocenters. The summed E-state index contributed by atoms with van der Waals surface area (Å²) in [6.07, 6.45) is 0. The summed E-state index contributed by atoms with van der Waals surface area (Å²) in [6.45, 7) is 3.97. The van der Waals surface area contributed by atoms with E-state index in [1.807, 2.05) is 6.92 Å². The Labute approximate surface area is 122 Å². The highest BCUT2D eigenvalue weighted by Gasteiger charge is 2.30. The molecule has 1 aromatic carbocycles. The standard InChI is InChI=1S/C14H19FN4O2/c1-2-18-14(21)12-8-17-5-6-19(12)11-4-3-9(13(16)20)7-10(11)15/h3-4,7,12,17H,2,5-6,8H2,1H3,(H2,16,20)(H,18,21). The first kappa shape index (κ1) is 15.2. The summed E-state index contributed by atoms with van der Waals surface area (Å²) in [4.78, 5) is 24.9. The second-order valence-electron chi connectivity index (χ2n) is 4.84. The van der Waals surface area contributed by atoms with Crippen LogP contribution in [0.25, 0.3) is 0 Å². The van der Waals surface area contributed by atoms with Gasteiger partial charge in [-0.3, -0.25) is 9.59 Å². The van der Waals surface area contributed by atoms with E-state index in [4.69, 9.17) is 5.73 Å². The van der Waals surface area contributed by atoms with E-state index in [2.05, 4.69) is 10.6 Å². The first-order valence-electron chi connectivity index (χ1n) is 6.89. The van der Waals surface area contributed by atoms with E-state index in [1.54, 1.807) is 4.90 Å². The topological polar surface area (TPSA) is 87.5 Å². The molecule has 0 bridgehead atoms. The van der Waals surface area contributed by atoms with Crippen molar-refractivity contribution in [2.45, 2.75) is 13.0 Å². The number of halogens is 1. The van der Waals surface area contributed by atoms with Gasteiger partial charge in [-0.05, 0) is 25.1 Å². The van der Waals surface area contributed by atoms with Crippen LogP contribution < -0.4 is 21.3 Å². The number of carbonyl (C=O) groups is 2. The van der Waals surface area contributed by atoms with Crippen molar-refractivity contribution in [1.82, 2.24) is 10.6 Å². The second-order valence-corrected chi connectivity index (χ2v) is 4.84. The van der Waals surface area contributed by atoms with Gasteiger partial charge >= 0.3 is 0 Å². The Bertz CT molecular complexity index is 550. The molecule has 21 heavy (non-hydrogen) atoms. The third-order valence-corrected chi connectivity index (χ3v) is 3.44. The van der Waals surface area contributed by atoms with Crippen LogP contribution in [-0.2, 0) is 4.79 Å². The highest BCUT2D eigenvalue weighted by molar-refractivity contribution is 5.93. The number of hydrogen-bond acceptors (Lipinski definition) is 4. The van der Waals surface area contributed by atoms with Crippen LogP contribution in [0.3, 0.4) is 0 Å². The Morgan fingerprint density at radius 2 is 2.29 bits per heavy atom. The molecular formula is C14H19FN4O2. The quantitative estimate of drug-likeness (QED) is 0.720. The van der Waals surface area contributed by atoms with Gasteiger partial charge in [-0.1, -0.05) is 0 Å². The predicted molar refractivity (Wildman–Crippen MR) is 77.6 cm³/mol. The predicted octanol–water partition coefficient (Wildman–Crippen LogP) is -0.161. The zero-order valence-corrected chi connectivity index (χ0v) is 11.9. The lowest BCUT2D eigenvalue weighted by Gasteiger charge is -2.37. The number of hydrogen-bond donors (Lipinski definition) is 3. The Balaban J connectivity index is 2.29. The third-order valence-electron chi connectivity index (χ3n) is 3.44. The Morgan fingerprint density at radius 3 is 2.90 bits per heavy atom. The average molecular weight is 294 g/mol. The van der Waals surface area contributed by atoms with Gasteiger partial charge in [0.05, 0.1) is 5.69 Å². The molecule has 4 N–H and O–H groups in total. The smallest absolute Gasteiger partial charge is 0.248 e. The van der Waals surface area contributed by atoms with Gasteiger partial charge < -0.3 is 21.3 Å². The maximum Gasteiger partial charge on any atom is 0.248 e. The molecule has 0 spiro atoms. The molecule has 7 heteroatoms. The number of primary amides is 1. The van der Waals surface area contributed by atoms with Crippen LogP contribution in [0, 0.1) is 5.82 Å². The van der Waals surface area contributed by atoms with Gasteiger partial charge in [0.2, 0.25) is 11.8 Å². The summed E-state index contributed by atoms with van der Waals surface area (Å²) in [5.74, 6) is -1.38. The van der Waals surface area contributed by atoms with Crippen molar-refractivity contribution in [2.75, 3.05) is 31.1 Å². The minimum atomic E-state index is -0.680. The summed E-state index contributed by atoms with van der Waals surface area (Å²) in [5.41, 5.74) is 5.55. The lowest BCUT2D eigenvalue weighted by Crippen LogP contribution is -2.58. The van der Waals surface area contributed by atoms with E-state index < -0.39 is 17.8 Å². The molecule has 1 unspecified atom stereocenters. The second kappa shape index (κ2) is 6.53. The molecule has 1 heterocycles. The fourth-order valence-corrected chi connectivity index (χ4v) is 2.41. The first-order valence-corrected chi connectivity index (χ1v) is 6.89.